The molecule has 1 aromatic heterocycles. The van der Waals surface area contributed by atoms with Crippen molar-refractivity contribution in [3.63, 3.8) is 0 Å². The van der Waals surface area contributed by atoms with Crippen molar-refractivity contribution in [3.05, 3.63) is 29.7 Å². The first kappa shape index (κ1) is 16.0. The van der Waals surface area contributed by atoms with Crippen LogP contribution in [-0.2, 0) is 4.79 Å². The molecule has 0 unspecified atom stereocenters. The molecule has 0 aliphatic heterocycles. The van der Waals surface area contributed by atoms with Crippen molar-refractivity contribution < 1.29 is 14.3 Å². The minimum absolute atomic E-state index is 0.0439. The molecule has 5 nitrogen and oxygen atoms in total. The minimum atomic E-state index is -1.00. The molecule has 1 rings (SSSR count). The van der Waals surface area contributed by atoms with Crippen molar-refractivity contribution in [2.45, 2.75) is 32.8 Å². The molecule has 20 heavy (non-hydrogen) atoms. The van der Waals surface area contributed by atoms with Gasteiger partial charge in [0.15, 0.2) is 0 Å². The summed E-state index contributed by atoms with van der Waals surface area (Å²) in [5, 5.41) is 21.8. The fourth-order valence-corrected chi connectivity index (χ4v) is 1.63. The Labute approximate surface area is 118 Å². The Morgan fingerprint density at radius 2 is 2.40 bits per heavy atom. The number of nitriles is 1. The quantitative estimate of drug-likeness (QED) is 0.615. The Morgan fingerprint density at radius 1 is 1.70 bits per heavy atom. The molecule has 2 atom stereocenters. The van der Waals surface area contributed by atoms with E-state index in [1.54, 1.807) is 19.1 Å². The molecule has 1 aromatic rings. The molecule has 2 N–H and O–H groups in total. The summed E-state index contributed by atoms with van der Waals surface area (Å²) < 4.78 is 5.06. The Bertz CT molecular complexity index is 510. The third-order valence-electron chi connectivity index (χ3n) is 3.48. The van der Waals surface area contributed by atoms with Crippen molar-refractivity contribution in [3.8, 4) is 6.07 Å². The number of hydrogen-bond donors (Lipinski definition) is 2. The normalized spacial score (nSPS) is 16.1. The molecule has 5 heteroatoms. The van der Waals surface area contributed by atoms with E-state index in [9.17, 15) is 9.90 Å². The van der Waals surface area contributed by atoms with Crippen molar-refractivity contribution in [1.29, 1.82) is 5.26 Å². The van der Waals surface area contributed by atoms with Crippen LogP contribution in [0.2, 0.25) is 0 Å². The summed E-state index contributed by atoms with van der Waals surface area (Å²) in [7, 11) is 0. The van der Waals surface area contributed by atoms with Gasteiger partial charge in [0.25, 0.3) is 5.91 Å². The van der Waals surface area contributed by atoms with E-state index >= 15 is 0 Å². The second-order valence-corrected chi connectivity index (χ2v) is 5.03. The van der Waals surface area contributed by atoms with Gasteiger partial charge in [-0.3, -0.25) is 4.79 Å². The number of carbonyl (C=O) groups excluding carboxylic acids is 1. The third kappa shape index (κ3) is 4.25. The second-order valence-electron chi connectivity index (χ2n) is 5.03. The molecule has 0 aromatic carbocycles. The van der Waals surface area contributed by atoms with Gasteiger partial charge in [0.1, 0.15) is 17.4 Å². The van der Waals surface area contributed by atoms with Crippen molar-refractivity contribution in [1.82, 2.24) is 5.32 Å². The Hall–Kier alpha value is -2.06. The maximum atomic E-state index is 11.9. The predicted molar refractivity (Wildman–Crippen MR) is 75.4 cm³/mol. The van der Waals surface area contributed by atoms with E-state index in [0.717, 1.165) is 6.42 Å². The van der Waals surface area contributed by atoms with Gasteiger partial charge in [-0.05, 0) is 25.0 Å². The van der Waals surface area contributed by atoms with Crippen LogP contribution < -0.4 is 5.32 Å². The molecule has 0 radical (unpaired) electrons. The number of rotatable bonds is 6. The molecular weight excluding hydrogens is 256 g/mol. The highest BCUT2D eigenvalue weighted by Crippen LogP contribution is 2.19. The summed E-state index contributed by atoms with van der Waals surface area (Å²) in [5.41, 5.74) is -1.06. The molecule has 108 valence electrons. The highest BCUT2D eigenvalue weighted by atomic mass is 16.3. The molecule has 0 saturated carbocycles. The van der Waals surface area contributed by atoms with E-state index in [1.807, 2.05) is 19.9 Å². The number of hydrogen-bond acceptors (Lipinski definition) is 4. The topological polar surface area (TPSA) is 86.3 Å². The van der Waals surface area contributed by atoms with E-state index in [-0.39, 0.29) is 18.0 Å². The number of carbonyl (C=O) groups is 1. The van der Waals surface area contributed by atoms with Crippen LogP contribution in [0.4, 0.5) is 0 Å². The van der Waals surface area contributed by atoms with E-state index in [0.29, 0.717) is 5.76 Å². The first-order valence-corrected chi connectivity index (χ1v) is 6.56. The van der Waals surface area contributed by atoms with Crippen molar-refractivity contribution in [2.24, 2.45) is 5.92 Å². The lowest BCUT2D eigenvalue weighted by molar-refractivity contribution is -0.118. The number of amides is 1. The molecular formula is C15H20N2O3. The monoisotopic (exact) mass is 276 g/mol. The molecule has 1 amide bonds. The summed E-state index contributed by atoms with van der Waals surface area (Å²) in [5.74, 6) is -0.0414. The first-order chi connectivity index (χ1) is 9.40. The van der Waals surface area contributed by atoms with Gasteiger partial charge in [0, 0.05) is 12.6 Å². The van der Waals surface area contributed by atoms with Crippen LogP contribution in [0.3, 0.4) is 0 Å². The van der Waals surface area contributed by atoms with Gasteiger partial charge >= 0.3 is 0 Å². The molecule has 0 aliphatic carbocycles. The highest BCUT2D eigenvalue weighted by molar-refractivity contribution is 6.01. The van der Waals surface area contributed by atoms with Crippen LogP contribution in [0.15, 0.2) is 28.4 Å². The van der Waals surface area contributed by atoms with Gasteiger partial charge in [-0.15, -0.1) is 0 Å². The standard InChI is InChI=1S/C15H20N2O3/c1-4-11(2)15(3,19)10-17-14(18)12(9-16)8-13-6-5-7-20-13/h5-8,11,19H,4,10H2,1-3H3,(H,17,18)/b12-8+/t11-,15-/m0/s1. The molecule has 1 heterocycles. The Kier molecular flexibility index (Phi) is 5.53. The number of aliphatic hydroxyl groups is 1. The number of nitrogens with zero attached hydrogens (tertiary/aromatic N) is 1. The predicted octanol–water partition coefficient (Wildman–Crippen LogP) is 2.10. The lowest BCUT2D eigenvalue weighted by Gasteiger charge is -2.29. The average Bonchev–Trinajstić information content (AvgIpc) is 2.94. The number of furan rings is 1. The van der Waals surface area contributed by atoms with Crippen molar-refractivity contribution >= 4 is 12.0 Å². The van der Waals surface area contributed by atoms with Gasteiger partial charge < -0.3 is 14.8 Å². The Balaban J connectivity index is 2.69. The fraction of sp³-hybridized carbons (Fsp3) is 0.467. The molecule has 0 spiro atoms. The summed E-state index contributed by atoms with van der Waals surface area (Å²) in [4.78, 5) is 11.9. The van der Waals surface area contributed by atoms with Gasteiger partial charge in [0.05, 0.1) is 11.9 Å². The minimum Gasteiger partial charge on any atom is -0.465 e. The zero-order chi connectivity index (χ0) is 15.2. The zero-order valence-corrected chi connectivity index (χ0v) is 12.0. The number of nitrogens with one attached hydrogen (secondary N) is 1. The fourth-order valence-electron chi connectivity index (χ4n) is 1.63. The largest absolute Gasteiger partial charge is 0.465 e. The van der Waals surface area contributed by atoms with Gasteiger partial charge in [-0.1, -0.05) is 20.3 Å². The van der Waals surface area contributed by atoms with Gasteiger partial charge in [-0.2, -0.15) is 5.26 Å². The highest BCUT2D eigenvalue weighted by Gasteiger charge is 2.27. The van der Waals surface area contributed by atoms with Gasteiger partial charge in [0.2, 0.25) is 0 Å². The average molecular weight is 276 g/mol. The van der Waals surface area contributed by atoms with Crippen LogP contribution in [0, 0.1) is 17.2 Å². The second kappa shape index (κ2) is 6.92. The van der Waals surface area contributed by atoms with Crippen LogP contribution >= 0.6 is 0 Å². The van der Waals surface area contributed by atoms with E-state index < -0.39 is 11.5 Å². The van der Waals surface area contributed by atoms with Crippen LogP contribution in [0.25, 0.3) is 6.08 Å². The summed E-state index contributed by atoms with van der Waals surface area (Å²) >= 11 is 0. The van der Waals surface area contributed by atoms with E-state index in [4.69, 9.17) is 9.68 Å². The smallest absolute Gasteiger partial charge is 0.262 e. The molecule has 0 aliphatic rings. The van der Waals surface area contributed by atoms with E-state index in [2.05, 4.69) is 5.32 Å². The SMILES string of the molecule is CC[C@H](C)[C@@](C)(O)CNC(=O)/C(C#N)=C/c1ccco1. The van der Waals surface area contributed by atoms with Crippen LogP contribution in [0.5, 0.6) is 0 Å². The third-order valence-corrected chi connectivity index (χ3v) is 3.48. The Morgan fingerprint density at radius 3 is 2.90 bits per heavy atom. The van der Waals surface area contributed by atoms with Gasteiger partial charge in [-0.25, -0.2) is 0 Å². The van der Waals surface area contributed by atoms with Crippen LogP contribution in [-0.4, -0.2) is 23.2 Å². The van der Waals surface area contributed by atoms with Crippen LogP contribution in [0.1, 0.15) is 33.0 Å². The zero-order valence-electron chi connectivity index (χ0n) is 12.0. The molecule has 0 bridgehead atoms. The first-order valence-electron chi connectivity index (χ1n) is 6.56. The maximum absolute atomic E-state index is 11.9. The summed E-state index contributed by atoms with van der Waals surface area (Å²) in [6, 6.07) is 5.15. The lowest BCUT2D eigenvalue weighted by atomic mass is 9.88. The summed E-state index contributed by atoms with van der Waals surface area (Å²) in [6.07, 6.45) is 3.63. The summed E-state index contributed by atoms with van der Waals surface area (Å²) in [6.45, 7) is 5.65. The molecule has 0 fully saturated rings. The maximum Gasteiger partial charge on any atom is 0.262 e. The van der Waals surface area contributed by atoms with Crippen molar-refractivity contribution in [2.75, 3.05) is 6.54 Å². The lowest BCUT2D eigenvalue weighted by Crippen LogP contribution is -2.45. The van der Waals surface area contributed by atoms with E-state index in [1.165, 1.54) is 12.3 Å². The molecule has 0 saturated heterocycles.